The number of aryl methyl sites for hydroxylation is 1. The number of thioether (sulfide) groups is 1. The maximum absolute atomic E-state index is 14.0. The lowest BCUT2D eigenvalue weighted by molar-refractivity contribution is -0.145. The van der Waals surface area contributed by atoms with E-state index in [0.29, 0.717) is 0 Å². The third-order valence-electron chi connectivity index (χ3n) is 3.69. The van der Waals surface area contributed by atoms with Crippen molar-refractivity contribution in [2.75, 3.05) is 23.8 Å². The molecule has 1 amide bonds. The lowest BCUT2D eigenvalue weighted by atomic mass is 10.2. The van der Waals surface area contributed by atoms with Gasteiger partial charge in [-0.05, 0) is 30.7 Å². The van der Waals surface area contributed by atoms with Crippen LogP contribution in [-0.2, 0) is 14.3 Å². The van der Waals surface area contributed by atoms with E-state index in [1.54, 1.807) is 6.07 Å². The molecule has 0 heterocycles. The number of halogens is 1. The van der Waals surface area contributed by atoms with Crippen molar-refractivity contribution in [2.24, 2.45) is 0 Å². The molecule has 0 atom stereocenters. The number of anilines is 1. The molecular weight excluding hydrogens is 367 g/mol. The summed E-state index contributed by atoms with van der Waals surface area (Å²) >= 11 is 1.33. The van der Waals surface area contributed by atoms with Crippen LogP contribution in [-0.4, -0.2) is 30.8 Å². The van der Waals surface area contributed by atoms with Crippen LogP contribution < -0.4 is 4.90 Å². The summed E-state index contributed by atoms with van der Waals surface area (Å²) in [4.78, 5) is 26.4. The lowest BCUT2D eigenvalue weighted by Crippen LogP contribution is -2.36. The van der Waals surface area contributed by atoms with Gasteiger partial charge in [0.15, 0.2) is 6.61 Å². The number of nitriles is 1. The zero-order chi connectivity index (χ0) is 19.6. The van der Waals surface area contributed by atoms with Crippen LogP contribution in [0.15, 0.2) is 53.4 Å². The summed E-state index contributed by atoms with van der Waals surface area (Å²) < 4.78 is 19.0. The highest BCUT2D eigenvalue weighted by atomic mass is 32.2. The third kappa shape index (κ3) is 6.12. The van der Waals surface area contributed by atoms with Crippen LogP contribution in [0.4, 0.5) is 10.1 Å². The molecule has 5 nitrogen and oxygen atoms in total. The van der Waals surface area contributed by atoms with Gasteiger partial charge in [0.1, 0.15) is 5.82 Å². The quantitative estimate of drug-likeness (QED) is 0.511. The van der Waals surface area contributed by atoms with Gasteiger partial charge in [-0.25, -0.2) is 4.39 Å². The van der Waals surface area contributed by atoms with Crippen LogP contribution in [0.25, 0.3) is 0 Å². The van der Waals surface area contributed by atoms with Crippen LogP contribution in [0.5, 0.6) is 0 Å². The first-order valence-electron chi connectivity index (χ1n) is 8.29. The number of para-hydroxylation sites is 1. The van der Waals surface area contributed by atoms with E-state index < -0.39 is 24.3 Å². The van der Waals surface area contributed by atoms with Gasteiger partial charge in [-0.2, -0.15) is 5.26 Å². The van der Waals surface area contributed by atoms with Crippen molar-refractivity contribution in [3.8, 4) is 6.07 Å². The summed E-state index contributed by atoms with van der Waals surface area (Å²) in [6.45, 7) is 1.46. The second kappa shape index (κ2) is 10.3. The van der Waals surface area contributed by atoms with Crippen LogP contribution >= 0.6 is 11.8 Å². The second-order valence-corrected chi connectivity index (χ2v) is 6.64. The average Bonchev–Trinajstić information content (AvgIpc) is 2.67. The first kappa shape index (κ1) is 20.5. The summed E-state index contributed by atoms with van der Waals surface area (Å²) in [5.74, 6) is -1.63. The Hall–Kier alpha value is -2.85. The van der Waals surface area contributed by atoms with E-state index in [1.807, 2.05) is 37.3 Å². The summed E-state index contributed by atoms with van der Waals surface area (Å²) in [7, 11) is 0. The fourth-order valence-electron chi connectivity index (χ4n) is 2.33. The largest absolute Gasteiger partial charge is 0.455 e. The van der Waals surface area contributed by atoms with Gasteiger partial charge in [-0.3, -0.25) is 9.59 Å². The van der Waals surface area contributed by atoms with Gasteiger partial charge in [-0.1, -0.05) is 30.3 Å². The molecule has 140 valence electrons. The van der Waals surface area contributed by atoms with Crippen molar-refractivity contribution in [3.63, 3.8) is 0 Å². The molecule has 0 aromatic heterocycles. The standard InChI is InChI=1S/C20H19FN2O3S/c1-15-7-2-5-10-18(15)27-14-20(25)26-13-19(24)23(12-6-11-22)17-9-4-3-8-16(17)21/h2-5,7-10H,6,12-14H2,1H3. The molecule has 0 bridgehead atoms. The van der Waals surface area contributed by atoms with E-state index in [0.717, 1.165) is 15.4 Å². The van der Waals surface area contributed by atoms with Gasteiger partial charge in [0.25, 0.3) is 5.91 Å². The molecule has 2 rings (SSSR count). The van der Waals surface area contributed by atoms with Crippen molar-refractivity contribution >= 4 is 29.3 Å². The molecule has 0 saturated carbocycles. The van der Waals surface area contributed by atoms with Gasteiger partial charge in [0.2, 0.25) is 0 Å². The number of benzene rings is 2. The molecule has 27 heavy (non-hydrogen) atoms. The molecule has 0 spiro atoms. The SMILES string of the molecule is Cc1ccccc1SCC(=O)OCC(=O)N(CCC#N)c1ccccc1F. The molecule has 0 unspecified atom stereocenters. The fraction of sp³-hybridized carbons (Fsp3) is 0.250. The molecule has 2 aromatic rings. The third-order valence-corrected chi connectivity index (χ3v) is 4.84. The minimum atomic E-state index is -0.579. The van der Waals surface area contributed by atoms with Gasteiger partial charge in [-0.15, -0.1) is 11.8 Å². The van der Waals surface area contributed by atoms with Crippen LogP contribution in [0.2, 0.25) is 0 Å². The highest BCUT2D eigenvalue weighted by molar-refractivity contribution is 8.00. The Morgan fingerprint density at radius 2 is 1.89 bits per heavy atom. The number of carbonyl (C=O) groups is 2. The Morgan fingerprint density at radius 3 is 2.59 bits per heavy atom. The molecule has 0 aliphatic carbocycles. The maximum Gasteiger partial charge on any atom is 0.316 e. The number of ether oxygens (including phenoxy) is 1. The van der Waals surface area contributed by atoms with E-state index >= 15 is 0 Å². The number of amides is 1. The van der Waals surface area contributed by atoms with E-state index in [2.05, 4.69) is 0 Å². The average molecular weight is 386 g/mol. The van der Waals surface area contributed by atoms with E-state index in [-0.39, 0.29) is 24.4 Å². The minimum absolute atomic E-state index is 0.0196. The molecule has 0 fully saturated rings. The van der Waals surface area contributed by atoms with E-state index in [1.165, 1.54) is 30.0 Å². The number of hydrogen-bond donors (Lipinski definition) is 0. The van der Waals surface area contributed by atoms with Crippen LogP contribution in [0.1, 0.15) is 12.0 Å². The normalized spacial score (nSPS) is 10.1. The Bertz CT molecular complexity index is 851. The zero-order valence-corrected chi connectivity index (χ0v) is 15.7. The lowest BCUT2D eigenvalue weighted by Gasteiger charge is -2.22. The minimum Gasteiger partial charge on any atom is -0.455 e. The van der Waals surface area contributed by atoms with E-state index in [4.69, 9.17) is 10.00 Å². The topological polar surface area (TPSA) is 70.4 Å². The predicted octanol–water partition coefficient (Wildman–Crippen LogP) is 3.72. The van der Waals surface area contributed by atoms with Crippen molar-refractivity contribution in [1.82, 2.24) is 0 Å². The number of esters is 1. The Labute approximate surface area is 161 Å². The van der Waals surface area contributed by atoms with Crippen molar-refractivity contribution < 1.29 is 18.7 Å². The molecular formula is C20H19FN2O3S. The molecule has 0 saturated heterocycles. The fourth-order valence-corrected chi connectivity index (χ4v) is 3.16. The molecule has 0 aliphatic heterocycles. The van der Waals surface area contributed by atoms with Crippen molar-refractivity contribution in [1.29, 1.82) is 5.26 Å². The summed E-state index contributed by atoms with van der Waals surface area (Å²) in [5, 5.41) is 8.76. The number of carbonyl (C=O) groups excluding carboxylic acids is 2. The molecule has 2 aromatic carbocycles. The first-order valence-corrected chi connectivity index (χ1v) is 9.27. The first-order chi connectivity index (χ1) is 13.0. The van der Waals surface area contributed by atoms with Crippen LogP contribution in [0, 0.1) is 24.1 Å². The van der Waals surface area contributed by atoms with Crippen molar-refractivity contribution in [3.05, 3.63) is 59.9 Å². The predicted molar refractivity (Wildman–Crippen MR) is 102 cm³/mol. The maximum atomic E-state index is 14.0. The second-order valence-electron chi connectivity index (χ2n) is 5.62. The zero-order valence-electron chi connectivity index (χ0n) is 14.9. The van der Waals surface area contributed by atoms with Crippen LogP contribution in [0.3, 0.4) is 0 Å². The molecule has 0 N–H and O–H groups in total. The smallest absolute Gasteiger partial charge is 0.316 e. The Morgan fingerprint density at radius 1 is 1.19 bits per heavy atom. The van der Waals surface area contributed by atoms with Gasteiger partial charge < -0.3 is 9.64 Å². The number of rotatable bonds is 8. The molecule has 0 radical (unpaired) electrons. The Kier molecular flexibility index (Phi) is 7.83. The molecule has 7 heteroatoms. The van der Waals surface area contributed by atoms with Crippen molar-refractivity contribution in [2.45, 2.75) is 18.2 Å². The highest BCUT2D eigenvalue weighted by Crippen LogP contribution is 2.22. The number of nitrogens with zero attached hydrogens (tertiary/aromatic N) is 2. The summed E-state index contributed by atoms with van der Waals surface area (Å²) in [6, 6.07) is 15.3. The summed E-state index contributed by atoms with van der Waals surface area (Å²) in [6.07, 6.45) is 0.0388. The summed E-state index contributed by atoms with van der Waals surface area (Å²) in [5.41, 5.74) is 1.11. The monoisotopic (exact) mass is 386 g/mol. The van der Waals surface area contributed by atoms with Gasteiger partial charge in [0.05, 0.1) is 23.9 Å². The highest BCUT2D eigenvalue weighted by Gasteiger charge is 2.20. The number of hydrogen-bond acceptors (Lipinski definition) is 5. The Balaban J connectivity index is 1.93. The van der Waals surface area contributed by atoms with Gasteiger partial charge in [0, 0.05) is 11.4 Å². The van der Waals surface area contributed by atoms with Gasteiger partial charge >= 0.3 is 5.97 Å². The van der Waals surface area contributed by atoms with E-state index in [9.17, 15) is 14.0 Å². The molecule has 0 aliphatic rings.